The topological polar surface area (TPSA) is 46.9 Å². The molecule has 134 valence electrons. The Bertz CT molecular complexity index is 702. The van der Waals surface area contributed by atoms with Crippen LogP contribution in [-0.4, -0.2) is 22.2 Å². The number of aromatic nitrogens is 2. The number of hydrogen-bond donors (Lipinski definition) is 1. The summed E-state index contributed by atoms with van der Waals surface area (Å²) in [4.78, 5) is 12.2. The monoisotopic (exact) mass is 343 g/mol. The molecular weight excluding hydrogens is 317 g/mol. The van der Waals surface area contributed by atoms with Crippen LogP contribution >= 0.6 is 0 Å². The lowest BCUT2D eigenvalue weighted by atomic mass is 9.89. The summed E-state index contributed by atoms with van der Waals surface area (Å²) in [7, 11) is 1.86. The van der Waals surface area contributed by atoms with Gasteiger partial charge in [-0.2, -0.15) is 5.10 Å². The fourth-order valence-corrected chi connectivity index (χ4v) is 3.56. The van der Waals surface area contributed by atoms with Crippen LogP contribution in [0, 0.1) is 11.7 Å². The molecule has 1 fully saturated rings. The van der Waals surface area contributed by atoms with Gasteiger partial charge < -0.3 is 5.32 Å². The third kappa shape index (κ3) is 4.91. The number of carbonyl (C=O) groups excluding carboxylic acids is 1. The third-order valence-electron chi connectivity index (χ3n) is 4.96. The number of aryl methyl sites for hydroxylation is 2. The first kappa shape index (κ1) is 17.6. The molecule has 0 bridgehead atoms. The average molecular weight is 343 g/mol. The summed E-state index contributed by atoms with van der Waals surface area (Å²) in [6.07, 6.45) is 9.40. The maximum atomic E-state index is 13.1. The molecule has 1 N–H and O–H groups in total. The second-order valence-electron chi connectivity index (χ2n) is 6.99. The average Bonchev–Trinajstić information content (AvgIpc) is 3.00. The maximum absolute atomic E-state index is 13.1. The minimum Gasteiger partial charge on any atom is -0.356 e. The molecule has 0 spiro atoms. The Hall–Kier alpha value is -2.17. The molecule has 1 aromatic heterocycles. The van der Waals surface area contributed by atoms with Crippen LogP contribution in [-0.2, 0) is 18.3 Å². The number of nitrogens with zero attached hydrogens (tertiary/aromatic N) is 2. The Labute approximate surface area is 148 Å². The number of hydrogen-bond acceptors (Lipinski definition) is 2. The number of carbonyl (C=O) groups is 1. The van der Waals surface area contributed by atoms with Gasteiger partial charge in [-0.05, 0) is 55.0 Å². The fraction of sp³-hybridized carbons (Fsp3) is 0.500. The molecule has 25 heavy (non-hydrogen) atoms. The quantitative estimate of drug-likeness (QED) is 0.866. The van der Waals surface area contributed by atoms with Crippen molar-refractivity contribution < 1.29 is 9.18 Å². The van der Waals surface area contributed by atoms with Gasteiger partial charge in [-0.15, -0.1) is 0 Å². The van der Waals surface area contributed by atoms with Gasteiger partial charge in [0, 0.05) is 31.8 Å². The first-order valence-electron chi connectivity index (χ1n) is 9.17. The van der Waals surface area contributed by atoms with Crippen LogP contribution < -0.4 is 5.32 Å². The Morgan fingerprint density at radius 2 is 1.96 bits per heavy atom. The zero-order valence-corrected chi connectivity index (χ0v) is 14.8. The number of nitrogens with one attached hydrogen (secondary N) is 1. The van der Waals surface area contributed by atoms with Crippen molar-refractivity contribution in [3.63, 3.8) is 0 Å². The minimum atomic E-state index is -0.261. The van der Waals surface area contributed by atoms with E-state index in [1.54, 1.807) is 16.8 Å². The molecule has 1 amide bonds. The normalized spacial score (nSPS) is 15.3. The van der Waals surface area contributed by atoms with E-state index < -0.39 is 0 Å². The highest BCUT2D eigenvalue weighted by molar-refractivity contribution is 5.76. The predicted octanol–water partition coefficient (Wildman–Crippen LogP) is 3.86. The van der Waals surface area contributed by atoms with Crippen molar-refractivity contribution in [1.82, 2.24) is 15.1 Å². The highest BCUT2D eigenvalue weighted by Crippen LogP contribution is 2.24. The van der Waals surface area contributed by atoms with Crippen molar-refractivity contribution in [2.75, 3.05) is 6.54 Å². The lowest BCUT2D eigenvalue weighted by Crippen LogP contribution is -2.30. The molecule has 1 aromatic carbocycles. The second kappa shape index (κ2) is 8.28. The van der Waals surface area contributed by atoms with E-state index in [9.17, 15) is 9.18 Å². The summed E-state index contributed by atoms with van der Waals surface area (Å²) in [5.41, 5.74) is 2.71. The molecule has 1 saturated carbocycles. The predicted molar refractivity (Wildman–Crippen MR) is 96.5 cm³/mol. The summed E-state index contributed by atoms with van der Waals surface area (Å²) >= 11 is 0. The van der Waals surface area contributed by atoms with Crippen LogP contribution in [0.5, 0.6) is 0 Å². The van der Waals surface area contributed by atoms with E-state index in [1.807, 2.05) is 13.2 Å². The van der Waals surface area contributed by atoms with E-state index in [0.717, 1.165) is 23.4 Å². The molecule has 0 aliphatic heterocycles. The van der Waals surface area contributed by atoms with Gasteiger partial charge in [-0.3, -0.25) is 9.48 Å². The van der Waals surface area contributed by atoms with Gasteiger partial charge in [-0.25, -0.2) is 4.39 Å². The van der Waals surface area contributed by atoms with Gasteiger partial charge in [0.05, 0.1) is 5.69 Å². The molecule has 0 atom stereocenters. The van der Waals surface area contributed by atoms with Gasteiger partial charge in [0.25, 0.3) is 0 Å². The van der Waals surface area contributed by atoms with Crippen molar-refractivity contribution >= 4 is 5.91 Å². The fourth-order valence-electron chi connectivity index (χ4n) is 3.56. The van der Waals surface area contributed by atoms with Crippen LogP contribution in [0.15, 0.2) is 30.5 Å². The maximum Gasteiger partial charge on any atom is 0.220 e. The van der Waals surface area contributed by atoms with Crippen molar-refractivity contribution in [1.29, 1.82) is 0 Å². The second-order valence-corrected chi connectivity index (χ2v) is 6.99. The minimum absolute atomic E-state index is 0.0967. The number of rotatable bonds is 6. The SMILES string of the molecule is Cn1cc(CCC(=O)NCC2CCCCC2)c(-c2ccc(F)cc2)n1. The zero-order valence-electron chi connectivity index (χ0n) is 14.8. The van der Waals surface area contributed by atoms with Crippen molar-refractivity contribution in [2.24, 2.45) is 13.0 Å². The molecule has 0 saturated heterocycles. The summed E-state index contributed by atoms with van der Waals surface area (Å²) in [5.74, 6) is 0.480. The number of amides is 1. The number of halogens is 1. The van der Waals surface area contributed by atoms with Gasteiger partial charge in [-0.1, -0.05) is 19.3 Å². The Morgan fingerprint density at radius 3 is 2.68 bits per heavy atom. The largest absolute Gasteiger partial charge is 0.356 e. The molecule has 3 rings (SSSR count). The van der Waals surface area contributed by atoms with Crippen LogP contribution in [0.2, 0.25) is 0 Å². The van der Waals surface area contributed by atoms with Gasteiger partial charge in [0.15, 0.2) is 0 Å². The smallest absolute Gasteiger partial charge is 0.220 e. The van der Waals surface area contributed by atoms with E-state index in [0.29, 0.717) is 18.8 Å². The molecular formula is C20H26FN3O. The van der Waals surface area contributed by atoms with Gasteiger partial charge in [0.2, 0.25) is 5.91 Å². The summed E-state index contributed by atoms with van der Waals surface area (Å²) in [6.45, 7) is 0.802. The summed E-state index contributed by atoms with van der Waals surface area (Å²) in [6, 6.07) is 6.32. The third-order valence-corrected chi connectivity index (χ3v) is 4.96. The first-order chi connectivity index (χ1) is 12.1. The Kier molecular flexibility index (Phi) is 5.84. The Morgan fingerprint density at radius 1 is 1.24 bits per heavy atom. The van der Waals surface area contributed by atoms with E-state index >= 15 is 0 Å². The lowest BCUT2D eigenvalue weighted by molar-refractivity contribution is -0.121. The lowest BCUT2D eigenvalue weighted by Gasteiger charge is -2.21. The molecule has 0 unspecified atom stereocenters. The van der Waals surface area contributed by atoms with Crippen molar-refractivity contribution in [3.8, 4) is 11.3 Å². The molecule has 0 radical (unpaired) electrons. The molecule has 1 heterocycles. The molecule has 5 heteroatoms. The van der Waals surface area contributed by atoms with Crippen LogP contribution in [0.3, 0.4) is 0 Å². The van der Waals surface area contributed by atoms with Gasteiger partial charge >= 0.3 is 0 Å². The standard InChI is InChI=1S/C20H26FN3O/c1-24-14-17(20(23-24)16-7-10-18(21)11-8-16)9-12-19(25)22-13-15-5-3-2-4-6-15/h7-8,10-11,14-15H,2-6,9,12-13H2,1H3,(H,22,25). The van der Waals surface area contributed by atoms with E-state index in [1.165, 1.54) is 44.2 Å². The zero-order chi connectivity index (χ0) is 17.6. The van der Waals surface area contributed by atoms with Crippen LogP contribution in [0.25, 0.3) is 11.3 Å². The van der Waals surface area contributed by atoms with Crippen LogP contribution in [0.4, 0.5) is 4.39 Å². The highest BCUT2D eigenvalue weighted by atomic mass is 19.1. The van der Waals surface area contributed by atoms with E-state index in [2.05, 4.69) is 10.4 Å². The molecule has 1 aliphatic carbocycles. The van der Waals surface area contributed by atoms with Gasteiger partial charge in [0.1, 0.15) is 5.82 Å². The van der Waals surface area contributed by atoms with E-state index in [4.69, 9.17) is 0 Å². The molecule has 2 aromatic rings. The summed E-state index contributed by atoms with van der Waals surface area (Å²) < 4.78 is 14.9. The van der Waals surface area contributed by atoms with Crippen molar-refractivity contribution in [2.45, 2.75) is 44.9 Å². The van der Waals surface area contributed by atoms with Crippen LogP contribution in [0.1, 0.15) is 44.1 Å². The summed E-state index contributed by atoms with van der Waals surface area (Å²) in [5, 5.41) is 7.55. The van der Waals surface area contributed by atoms with Crippen molar-refractivity contribution in [3.05, 3.63) is 41.8 Å². The van der Waals surface area contributed by atoms with E-state index in [-0.39, 0.29) is 11.7 Å². The first-order valence-corrected chi connectivity index (χ1v) is 9.17. The molecule has 1 aliphatic rings. The highest BCUT2D eigenvalue weighted by Gasteiger charge is 2.15. The Balaban J connectivity index is 1.55. The number of benzene rings is 1. The molecule has 4 nitrogen and oxygen atoms in total.